The van der Waals surface area contributed by atoms with Gasteiger partial charge < -0.3 is 5.73 Å². The summed E-state index contributed by atoms with van der Waals surface area (Å²) in [6.07, 6.45) is 2.36. The van der Waals surface area contributed by atoms with E-state index in [0.717, 1.165) is 29.7 Å². The summed E-state index contributed by atoms with van der Waals surface area (Å²) in [6, 6.07) is 7.97. The van der Waals surface area contributed by atoms with Crippen molar-refractivity contribution < 1.29 is 4.79 Å². The third-order valence-electron chi connectivity index (χ3n) is 2.79. The minimum atomic E-state index is 0.183. The standard InChI is InChI=1S/C13H15NO/c1-9-5-7-10(8-6-9)13-11(14)3-2-4-12(13)15/h5-8H,2-4,14H2,1H3. The number of nitrogens with two attached hydrogens (primary N) is 1. The summed E-state index contributed by atoms with van der Waals surface area (Å²) in [4.78, 5) is 11.8. The first-order valence-electron chi connectivity index (χ1n) is 5.27. The molecule has 1 aromatic rings. The van der Waals surface area contributed by atoms with Gasteiger partial charge >= 0.3 is 0 Å². The number of aryl methyl sites for hydroxylation is 1. The maximum Gasteiger partial charge on any atom is 0.165 e. The number of hydrogen-bond donors (Lipinski definition) is 1. The molecule has 15 heavy (non-hydrogen) atoms. The molecule has 0 radical (unpaired) electrons. The van der Waals surface area contributed by atoms with E-state index in [9.17, 15) is 4.79 Å². The maximum absolute atomic E-state index is 11.8. The fraction of sp³-hybridized carbons (Fsp3) is 0.308. The van der Waals surface area contributed by atoms with Gasteiger partial charge in [0.25, 0.3) is 0 Å². The van der Waals surface area contributed by atoms with Crippen LogP contribution in [0.2, 0.25) is 0 Å². The van der Waals surface area contributed by atoms with Gasteiger partial charge in [-0.1, -0.05) is 29.8 Å². The zero-order valence-electron chi connectivity index (χ0n) is 8.92. The Bertz CT molecular complexity index is 415. The lowest BCUT2D eigenvalue weighted by Gasteiger charge is -2.16. The molecule has 0 fully saturated rings. The van der Waals surface area contributed by atoms with Crippen LogP contribution in [0.5, 0.6) is 0 Å². The average Bonchev–Trinajstić information content (AvgIpc) is 2.20. The number of Topliss-reactive ketones (excluding diaryl/α,β-unsaturated/α-hetero) is 1. The second kappa shape index (κ2) is 3.89. The highest BCUT2D eigenvalue weighted by Gasteiger charge is 2.19. The average molecular weight is 201 g/mol. The first-order valence-corrected chi connectivity index (χ1v) is 5.27. The van der Waals surface area contributed by atoms with Crippen molar-refractivity contribution >= 4 is 11.4 Å². The molecule has 1 aliphatic rings. The van der Waals surface area contributed by atoms with E-state index in [-0.39, 0.29) is 5.78 Å². The highest BCUT2D eigenvalue weighted by molar-refractivity contribution is 6.22. The summed E-state index contributed by atoms with van der Waals surface area (Å²) in [5.41, 5.74) is 9.54. The Morgan fingerprint density at radius 2 is 1.80 bits per heavy atom. The van der Waals surface area contributed by atoms with Crippen LogP contribution in [0.4, 0.5) is 0 Å². The molecule has 1 aromatic carbocycles. The number of rotatable bonds is 1. The highest BCUT2D eigenvalue weighted by atomic mass is 16.1. The van der Waals surface area contributed by atoms with Gasteiger partial charge in [-0.2, -0.15) is 0 Å². The Morgan fingerprint density at radius 3 is 2.40 bits per heavy atom. The third-order valence-corrected chi connectivity index (χ3v) is 2.79. The molecule has 2 nitrogen and oxygen atoms in total. The maximum atomic E-state index is 11.8. The molecule has 0 heterocycles. The van der Waals surface area contributed by atoms with Crippen LogP contribution in [0, 0.1) is 6.92 Å². The van der Waals surface area contributed by atoms with Gasteiger partial charge in [0.15, 0.2) is 5.78 Å². The molecule has 0 saturated heterocycles. The molecular formula is C13H15NO. The molecule has 1 aliphatic carbocycles. The second-order valence-corrected chi connectivity index (χ2v) is 4.04. The highest BCUT2D eigenvalue weighted by Crippen LogP contribution is 2.27. The summed E-state index contributed by atoms with van der Waals surface area (Å²) in [7, 11) is 0. The summed E-state index contributed by atoms with van der Waals surface area (Å²) in [6.45, 7) is 2.03. The van der Waals surface area contributed by atoms with Crippen molar-refractivity contribution in [3.8, 4) is 0 Å². The lowest BCUT2D eigenvalue weighted by atomic mass is 9.90. The SMILES string of the molecule is Cc1ccc(C2=C(N)CCCC2=O)cc1. The molecule has 2 N–H and O–H groups in total. The zero-order valence-corrected chi connectivity index (χ0v) is 8.92. The van der Waals surface area contributed by atoms with E-state index in [1.165, 1.54) is 5.56 Å². The molecule has 0 aromatic heterocycles. The van der Waals surface area contributed by atoms with E-state index >= 15 is 0 Å². The van der Waals surface area contributed by atoms with Crippen molar-refractivity contribution in [3.63, 3.8) is 0 Å². The fourth-order valence-corrected chi connectivity index (χ4v) is 1.94. The predicted molar refractivity (Wildman–Crippen MR) is 61.1 cm³/mol. The molecule has 2 heteroatoms. The van der Waals surface area contributed by atoms with Gasteiger partial charge in [0.05, 0.1) is 0 Å². The van der Waals surface area contributed by atoms with Gasteiger partial charge in [0, 0.05) is 17.7 Å². The van der Waals surface area contributed by atoms with Crippen molar-refractivity contribution in [1.29, 1.82) is 0 Å². The van der Waals surface area contributed by atoms with Gasteiger partial charge in [-0.05, 0) is 25.3 Å². The third kappa shape index (κ3) is 1.94. The summed E-state index contributed by atoms with van der Waals surface area (Å²) in [5.74, 6) is 0.183. The fourth-order valence-electron chi connectivity index (χ4n) is 1.94. The number of benzene rings is 1. The zero-order chi connectivity index (χ0) is 10.8. The first kappa shape index (κ1) is 9.97. The Labute approximate surface area is 89.8 Å². The number of carbonyl (C=O) groups excluding carboxylic acids is 1. The molecule has 0 atom stereocenters. The van der Waals surface area contributed by atoms with E-state index in [1.54, 1.807) is 0 Å². The molecule has 0 spiro atoms. The number of ketones is 1. The van der Waals surface area contributed by atoms with Crippen LogP contribution in [0.1, 0.15) is 30.4 Å². The van der Waals surface area contributed by atoms with Crippen molar-refractivity contribution in [1.82, 2.24) is 0 Å². The topological polar surface area (TPSA) is 43.1 Å². The molecule has 78 valence electrons. The van der Waals surface area contributed by atoms with Crippen molar-refractivity contribution in [2.45, 2.75) is 26.2 Å². The minimum Gasteiger partial charge on any atom is -0.401 e. The van der Waals surface area contributed by atoms with Crippen molar-refractivity contribution in [2.75, 3.05) is 0 Å². The molecule has 0 unspecified atom stereocenters. The Balaban J connectivity index is 2.44. The lowest BCUT2D eigenvalue weighted by Crippen LogP contribution is -2.15. The van der Waals surface area contributed by atoms with E-state index in [4.69, 9.17) is 5.73 Å². The predicted octanol–water partition coefficient (Wildman–Crippen LogP) is 2.42. The van der Waals surface area contributed by atoms with Crippen LogP contribution in [0.3, 0.4) is 0 Å². The quantitative estimate of drug-likeness (QED) is 0.758. The monoisotopic (exact) mass is 201 g/mol. The van der Waals surface area contributed by atoms with Crippen molar-refractivity contribution in [2.24, 2.45) is 5.73 Å². The smallest absolute Gasteiger partial charge is 0.165 e. The largest absolute Gasteiger partial charge is 0.401 e. The van der Waals surface area contributed by atoms with Crippen LogP contribution >= 0.6 is 0 Å². The Kier molecular flexibility index (Phi) is 2.58. The minimum absolute atomic E-state index is 0.183. The van der Waals surface area contributed by atoms with Crippen LogP contribution in [0.15, 0.2) is 30.0 Å². The van der Waals surface area contributed by atoms with Crippen LogP contribution in [0.25, 0.3) is 5.57 Å². The lowest BCUT2D eigenvalue weighted by molar-refractivity contribution is -0.114. The molecule has 0 saturated carbocycles. The van der Waals surface area contributed by atoms with Crippen LogP contribution in [-0.2, 0) is 4.79 Å². The van der Waals surface area contributed by atoms with Gasteiger partial charge in [-0.3, -0.25) is 4.79 Å². The summed E-state index contributed by atoms with van der Waals surface area (Å²) >= 11 is 0. The summed E-state index contributed by atoms with van der Waals surface area (Å²) in [5, 5.41) is 0. The van der Waals surface area contributed by atoms with Crippen molar-refractivity contribution in [3.05, 3.63) is 41.1 Å². The Hall–Kier alpha value is -1.57. The van der Waals surface area contributed by atoms with Gasteiger partial charge in [-0.25, -0.2) is 0 Å². The Morgan fingerprint density at radius 1 is 1.13 bits per heavy atom. The van der Waals surface area contributed by atoms with E-state index < -0.39 is 0 Å². The molecule has 0 aliphatic heterocycles. The normalized spacial score (nSPS) is 17.0. The van der Waals surface area contributed by atoms with Crippen LogP contribution < -0.4 is 5.73 Å². The molecule has 2 rings (SSSR count). The molecule has 0 amide bonds. The van der Waals surface area contributed by atoms with Gasteiger partial charge in [0.2, 0.25) is 0 Å². The molecule has 0 bridgehead atoms. The first-order chi connectivity index (χ1) is 7.18. The number of hydrogen-bond acceptors (Lipinski definition) is 2. The molecular weight excluding hydrogens is 186 g/mol. The van der Waals surface area contributed by atoms with Gasteiger partial charge in [-0.15, -0.1) is 0 Å². The second-order valence-electron chi connectivity index (χ2n) is 4.04. The summed E-state index contributed by atoms with van der Waals surface area (Å²) < 4.78 is 0. The van der Waals surface area contributed by atoms with Gasteiger partial charge in [0.1, 0.15) is 0 Å². The van der Waals surface area contributed by atoms with E-state index in [1.807, 2.05) is 31.2 Å². The number of allylic oxidation sites excluding steroid dienone is 2. The number of carbonyl (C=O) groups is 1. The van der Waals surface area contributed by atoms with E-state index in [2.05, 4.69) is 0 Å². The van der Waals surface area contributed by atoms with Crippen LogP contribution in [-0.4, -0.2) is 5.78 Å². The van der Waals surface area contributed by atoms with E-state index in [0.29, 0.717) is 6.42 Å².